The zero-order valence-corrected chi connectivity index (χ0v) is 21.2. The van der Waals surface area contributed by atoms with Crippen LogP contribution in [-0.4, -0.2) is 37.1 Å². The maximum atomic E-state index is 13.8. The van der Waals surface area contributed by atoms with Gasteiger partial charge in [0.2, 0.25) is 0 Å². The van der Waals surface area contributed by atoms with E-state index in [-0.39, 0.29) is 24.6 Å². The van der Waals surface area contributed by atoms with Crippen molar-refractivity contribution in [2.24, 2.45) is 0 Å². The number of rotatable bonds is 8. The highest BCUT2D eigenvalue weighted by Crippen LogP contribution is 2.29. The second kappa shape index (κ2) is 10.6. The van der Waals surface area contributed by atoms with Gasteiger partial charge < -0.3 is 24.1 Å². The molecule has 4 aromatic rings. The molecule has 1 heterocycles. The van der Waals surface area contributed by atoms with Gasteiger partial charge in [-0.25, -0.2) is 0 Å². The monoisotopic (exact) mass is 486 g/mol. The van der Waals surface area contributed by atoms with Gasteiger partial charge >= 0.3 is 0 Å². The Hall–Kier alpha value is -4.26. The van der Waals surface area contributed by atoms with Crippen LogP contribution in [0.25, 0.3) is 10.9 Å². The highest BCUT2D eigenvalue weighted by molar-refractivity contribution is 5.95. The molecule has 0 saturated carbocycles. The van der Waals surface area contributed by atoms with Crippen LogP contribution in [0.3, 0.4) is 0 Å². The molecule has 0 saturated heterocycles. The van der Waals surface area contributed by atoms with Crippen LogP contribution in [-0.2, 0) is 13.1 Å². The zero-order chi connectivity index (χ0) is 25.8. The van der Waals surface area contributed by atoms with Gasteiger partial charge in [-0.3, -0.25) is 9.59 Å². The van der Waals surface area contributed by atoms with Gasteiger partial charge in [0.25, 0.3) is 11.5 Å². The molecule has 1 N–H and O–H groups in total. The second-order valence-electron chi connectivity index (χ2n) is 8.69. The molecule has 36 heavy (non-hydrogen) atoms. The van der Waals surface area contributed by atoms with Crippen molar-refractivity contribution < 1.29 is 19.0 Å². The number of methoxy groups -OCH3 is 3. The molecule has 0 spiro atoms. The Morgan fingerprint density at radius 3 is 2.17 bits per heavy atom. The molecule has 0 aliphatic carbocycles. The Bertz CT molecular complexity index is 1470. The normalized spacial score (nSPS) is 10.8. The maximum Gasteiger partial charge on any atom is 0.254 e. The maximum absolute atomic E-state index is 13.8. The highest BCUT2D eigenvalue weighted by atomic mass is 16.5. The number of ether oxygens (including phenoxy) is 3. The number of hydrogen-bond donors (Lipinski definition) is 1. The van der Waals surface area contributed by atoms with Crippen LogP contribution in [0.1, 0.15) is 32.6 Å². The lowest BCUT2D eigenvalue weighted by Crippen LogP contribution is -2.32. The summed E-state index contributed by atoms with van der Waals surface area (Å²) in [5.41, 5.74) is 4.53. The van der Waals surface area contributed by atoms with Gasteiger partial charge in [0.05, 0.1) is 27.9 Å². The third-order valence-corrected chi connectivity index (χ3v) is 6.37. The quantitative estimate of drug-likeness (QED) is 0.379. The smallest absolute Gasteiger partial charge is 0.254 e. The summed E-state index contributed by atoms with van der Waals surface area (Å²) in [4.78, 5) is 31.4. The molecule has 0 fully saturated rings. The Kier molecular flexibility index (Phi) is 7.29. The fourth-order valence-electron chi connectivity index (χ4n) is 4.24. The lowest BCUT2D eigenvalue weighted by molar-refractivity contribution is 0.0728. The standard InChI is InChI=1S/C29H30N2O5/c1-18-12-22-14-23(28(32)30-24(22)13-19(18)2)17-31(16-21-8-6-7-9-25(21)34-3)29(33)20-10-11-26(35-4)27(15-20)36-5/h6-15H,16-17H2,1-5H3,(H,30,32). The number of aryl methyl sites for hydroxylation is 2. The molecule has 0 radical (unpaired) electrons. The number of benzene rings is 3. The molecule has 4 rings (SSSR count). The molecule has 0 unspecified atom stereocenters. The Morgan fingerprint density at radius 2 is 1.44 bits per heavy atom. The summed E-state index contributed by atoms with van der Waals surface area (Å²) < 4.78 is 16.2. The van der Waals surface area contributed by atoms with Crippen molar-refractivity contribution in [1.29, 1.82) is 0 Å². The first-order valence-electron chi connectivity index (χ1n) is 11.6. The Labute approximate surface area is 210 Å². The number of aromatic amines is 1. The van der Waals surface area contributed by atoms with E-state index in [1.54, 1.807) is 37.3 Å². The van der Waals surface area contributed by atoms with Crippen LogP contribution in [0, 0.1) is 13.8 Å². The van der Waals surface area contributed by atoms with E-state index in [4.69, 9.17) is 14.2 Å². The van der Waals surface area contributed by atoms with Gasteiger partial charge in [-0.2, -0.15) is 0 Å². The predicted octanol–water partition coefficient (Wildman–Crippen LogP) is 5.01. The van der Waals surface area contributed by atoms with E-state index >= 15 is 0 Å². The van der Waals surface area contributed by atoms with Crippen LogP contribution in [0.5, 0.6) is 17.2 Å². The Morgan fingerprint density at radius 1 is 0.778 bits per heavy atom. The van der Waals surface area contributed by atoms with E-state index in [0.29, 0.717) is 28.4 Å². The van der Waals surface area contributed by atoms with Crippen molar-refractivity contribution in [2.45, 2.75) is 26.9 Å². The van der Waals surface area contributed by atoms with Gasteiger partial charge in [0, 0.05) is 28.8 Å². The summed E-state index contributed by atoms with van der Waals surface area (Å²) in [7, 11) is 4.66. The summed E-state index contributed by atoms with van der Waals surface area (Å²) in [6.07, 6.45) is 0. The number of aromatic nitrogens is 1. The van der Waals surface area contributed by atoms with E-state index in [0.717, 1.165) is 27.6 Å². The molecule has 7 heteroatoms. The van der Waals surface area contributed by atoms with Gasteiger partial charge in [0.1, 0.15) is 5.75 Å². The van der Waals surface area contributed by atoms with E-state index in [1.807, 2.05) is 56.3 Å². The molecule has 1 aromatic heterocycles. The minimum Gasteiger partial charge on any atom is -0.496 e. The molecular formula is C29H30N2O5. The van der Waals surface area contributed by atoms with Gasteiger partial charge in [-0.1, -0.05) is 18.2 Å². The predicted molar refractivity (Wildman–Crippen MR) is 140 cm³/mol. The topological polar surface area (TPSA) is 80.9 Å². The molecule has 7 nitrogen and oxygen atoms in total. The number of H-pyrrole nitrogens is 1. The summed E-state index contributed by atoms with van der Waals surface area (Å²) >= 11 is 0. The van der Waals surface area contributed by atoms with Crippen molar-refractivity contribution in [3.63, 3.8) is 0 Å². The van der Waals surface area contributed by atoms with E-state index in [1.165, 1.54) is 7.11 Å². The third kappa shape index (κ3) is 5.05. The van der Waals surface area contributed by atoms with Crippen molar-refractivity contribution in [1.82, 2.24) is 9.88 Å². The first-order chi connectivity index (χ1) is 17.3. The summed E-state index contributed by atoms with van der Waals surface area (Å²) in [5, 5.41) is 0.920. The number of pyridine rings is 1. The number of hydrogen-bond acceptors (Lipinski definition) is 5. The SMILES string of the molecule is COc1ccccc1CN(Cc1cc2cc(C)c(C)cc2[nH]c1=O)C(=O)c1ccc(OC)c(OC)c1. The lowest BCUT2D eigenvalue weighted by atomic mass is 10.0. The molecule has 186 valence electrons. The minimum atomic E-state index is -0.249. The van der Waals surface area contributed by atoms with Crippen molar-refractivity contribution in [3.8, 4) is 17.2 Å². The van der Waals surface area contributed by atoms with Crippen molar-refractivity contribution >= 4 is 16.8 Å². The fourth-order valence-corrected chi connectivity index (χ4v) is 4.24. The molecule has 3 aromatic carbocycles. The van der Waals surface area contributed by atoms with E-state index in [9.17, 15) is 9.59 Å². The van der Waals surface area contributed by atoms with Crippen LogP contribution in [0.2, 0.25) is 0 Å². The third-order valence-electron chi connectivity index (χ3n) is 6.37. The molecule has 0 aliphatic rings. The van der Waals surface area contributed by atoms with Crippen LogP contribution in [0.15, 0.2) is 65.5 Å². The summed E-state index contributed by atoms with van der Waals surface area (Å²) in [5.74, 6) is 1.40. The number of para-hydroxylation sites is 1. The van der Waals surface area contributed by atoms with Crippen LogP contribution < -0.4 is 19.8 Å². The van der Waals surface area contributed by atoms with E-state index in [2.05, 4.69) is 4.98 Å². The summed E-state index contributed by atoms with van der Waals surface area (Å²) in [6, 6.07) is 18.4. The highest BCUT2D eigenvalue weighted by Gasteiger charge is 2.21. The summed E-state index contributed by atoms with van der Waals surface area (Å²) in [6.45, 7) is 4.41. The molecule has 0 atom stereocenters. The van der Waals surface area contributed by atoms with E-state index < -0.39 is 0 Å². The van der Waals surface area contributed by atoms with Crippen LogP contribution in [0.4, 0.5) is 0 Å². The van der Waals surface area contributed by atoms with Crippen molar-refractivity contribution in [3.05, 3.63) is 98.8 Å². The minimum absolute atomic E-state index is 0.115. The molecule has 0 aliphatic heterocycles. The van der Waals surface area contributed by atoms with Gasteiger partial charge in [-0.15, -0.1) is 0 Å². The largest absolute Gasteiger partial charge is 0.496 e. The molecular weight excluding hydrogens is 456 g/mol. The number of amides is 1. The second-order valence-corrected chi connectivity index (χ2v) is 8.69. The number of fused-ring (bicyclic) bond motifs is 1. The molecule has 0 bridgehead atoms. The first-order valence-corrected chi connectivity index (χ1v) is 11.6. The number of nitrogens with zero attached hydrogens (tertiary/aromatic N) is 1. The van der Waals surface area contributed by atoms with Gasteiger partial charge in [-0.05, 0) is 72.8 Å². The van der Waals surface area contributed by atoms with Crippen molar-refractivity contribution in [2.75, 3.05) is 21.3 Å². The average Bonchev–Trinajstić information content (AvgIpc) is 2.89. The molecule has 1 amide bonds. The number of carbonyl (C=O) groups excluding carboxylic acids is 1. The fraction of sp³-hybridized carbons (Fsp3) is 0.241. The lowest BCUT2D eigenvalue weighted by Gasteiger charge is -2.24. The number of nitrogens with one attached hydrogen (secondary N) is 1. The zero-order valence-electron chi connectivity index (χ0n) is 21.2. The Balaban J connectivity index is 1.77. The van der Waals surface area contributed by atoms with Gasteiger partial charge in [0.15, 0.2) is 11.5 Å². The first kappa shape index (κ1) is 24.9. The average molecular weight is 487 g/mol. The number of carbonyl (C=O) groups is 1. The van der Waals surface area contributed by atoms with Crippen LogP contribution >= 0.6 is 0 Å².